The third kappa shape index (κ3) is 6.18. The highest BCUT2D eigenvalue weighted by Crippen LogP contribution is 2.32. The normalized spacial score (nSPS) is 19.6. The van der Waals surface area contributed by atoms with Gasteiger partial charge < -0.3 is 20.6 Å². The van der Waals surface area contributed by atoms with Crippen LogP contribution < -0.4 is 10.6 Å². The standard InChI is InChI=1S/C27H35N5O3/c33-24(18-31-12-8-19-3-1-2-4-21(19)17-31)16-29-26(34)25-15-23(7-11-28-25)30-22-9-13-32(14-10-22)27(35)20-5-6-20/h1-4,7,11,15,20,22,24,33H,5-6,8-10,12-14,16-18H2,(H,28,30)(H,29,34)/t24-/m0/s1. The number of aromatic nitrogens is 1. The van der Waals surface area contributed by atoms with Crippen LogP contribution in [-0.2, 0) is 17.8 Å². The van der Waals surface area contributed by atoms with E-state index in [1.807, 2.05) is 17.0 Å². The Morgan fingerprint density at radius 3 is 2.60 bits per heavy atom. The van der Waals surface area contributed by atoms with Crippen molar-refractivity contribution in [2.45, 2.75) is 50.8 Å². The van der Waals surface area contributed by atoms with Gasteiger partial charge in [-0.2, -0.15) is 0 Å². The highest BCUT2D eigenvalue weighted by molar-refractivity contribution is 5.93. The van der Waals surface area contributed by atoms with E-state index >= 15 is 0 Å². The molecule has 0 spiro atoms. The van der Waals surface area contributed by atoms with Gasteiger partial charge in [0.25, 0.3) is 5.91 Å². The lowest BCUT2D eigenvalue weighted by Crippen LogP contribution is -2.43. The summed E-state index contributed by atoms with van der Waals surface area (Å²) in [5.74, 6) is 0.302. The van der Waals surface area contributed by atoms with Crippen molar-refractivity contribution >= 4 is 17.5 Å². The highest BCUT2D eigenvalue weighted by Gasteiger charge is 2.34. The molecule has 3 aliphatic rings. The number of amides is 2. The van der Waals surface area contributed by atoms with Gasteiger partial charge in [-0.25, -0.2) is 0 Å². The van der Waals surface area contributed by atoms with Crippen LogP contribution in [0, 0.1) is 5.92 Å². The molecule has 3 heterocycles. The number of fused-ring (bicyclic) bond motifs is 1. The Balaban J connectivity index is 1.06. The predicted molar refractivity (Wildman–Crippen MR) is 134 cm³/mol. The monoisotopic (exact) mass is 477 g/mol. The van der Waals surface area contributed by atoms with Gasteiger partial charge in [-0.3, -0.25) is 19.5 Å². The van der Waals surface area contributed by atoms with Crippen molar-refractivity contribution in [1.82, 2.24) is 20.1 Å². The zero-order chi connectivity index (χ0) is 24.2. The first kappa shape index (κ1) is 23.8. The topological polar surface area (TPSA) is 97.8 Å². The van der Waals surface area contributed by atoms with E-state index in [9.17, 15) is 14.7 Å². The molecule has 35 heavy (non-hydrogen) atoms. The average Bonchev–Trinajstić information content (AvgIpc) is 3.73. The van der Waals surface area contributed by atoms with Crippen molar-refractivity contribution in [2.75, 3.05) is 38.0 Å². The molecule has 1 saturated heterocycles. The Bertz CT molecular complexity index is 1050. The number of benzene rings is 1. The number of aliphatic hydroxyl groups excluding tert-OH is 1. The number of carbonyl (C=O) groups is 2. The Kier molecular flexibility index (Phi) is 7.29. The van der Waals surface area contributed by atoms with E-state index in [2.05, 4.69) is 38.7 Å². The number of anilines is 1. The molecule has 0 unspecified atom stereocenters. The van der Waals surface area contributed by atoms with E-state index in [-0.39, 0.29) is 24.4 Å². The van der Waals surface area contributed by atoms with E-state index in [4.69, 9.17) is 0 Å². The second kappa shape index (κ2) is 10.7. The van der Waals surface area contributed by atoms with Crippen LogP contribution >= 0.6 is 0 Å². The summed E-state index contributed by atoms with van der Waals surface area (Å²) >= 11 is 0. The summed E-state index contributed by atoms with van der Waals surface area (Å²) in [7, 11) is 0. The number of pyridine rings is 1. The van der Waals surface area contributed by atoms with Gasteiger partial charge in [0.2, 0.25) is 5.91 Å². The van der Waals surface area contributed by atoms with Crippen LogP contribution in [0.3, 0.4) is 0 Å². The number of β-amino-alcohol motifs (C(OH)–C–C–N with tert-alkyl or cyclic N) is 1. The molecule has 2 fully saturated rings. The molecule has 5 rings (SSSR count). The molecule has 8 nitrogen and oxygen atoms in total. The first-order valence-corrected chi connectivity index (χ1v) is 12.8. The summed E-state index contributed by atoms with van der Waals surface area (Å²) in [5.41, 5.74) is 3.87. The summed E-state index contributed by atoms with van der Waals surface area (Å²) in [5, 5.41) is 16.8. The maximum atomic E-state index is 12.7. The fourth-order valence-electron chi connectivity index (χ4n) is 5.09. The lowest BCUT2D eigenvalue weighted by Gasteiger charge is -2.33. The number of rotatable bonds is 8. The number of carbonyl (C=O) groups excluding carboxylic acids is 2. The van der Waals surface area contributed by atoms with Crippen molar-refractivity contribution in [3.8, 4) is 0 Å². The maximum Gasteiger partial charge on any atom is 0.270 e. The number of piperidine rings is 1. The van der Waals surface area contributed by atoms with Crippen molar-refractivity contribution in [3.63, 3.8) is 0 Å². The Hall–Kier alpha value is -2.97. The van der Waals surface area contributed by atoms with Crippen LogP contribution in [0.25, 0.3) is 0 Å². The van der Waals surface area contributed by atoms with Crippen LogP contribution in [-0.4, -0.2) is 76.6 Å². The second-order valence-electron chi connectivity index (χ2n) is 10.1. The minimum Gasteiger partial charge on any atom is -0.390 e. The molecule has 0 bridgehead atoms. The second-order valence-corrected chi connectivity index (χ2v) is 10.1. The molecule has 8 heteroatoms. The van der Waals surface area contributed by atoms with Crippen LogP contribution in [0.15, 0.2) is 42.6 Å². The van der Waals surface area contributed by atoms with Gasteiger partial charge in [-0.15, -0.1) is 0 Å². The van der Waals surface area contributed by atoms with Gasteiger partial charge >= 0.3 is 0 Å². The molecule has 3 N–H and O–H groups in total. The number of nitrogens with one attached hydrogen (secondary N) is 2. The molecular formula is C27H35N5O3. The Labute approximate surface area is 206 Å². The lowest BCUT2D eigenvalue weighted by molar-refractivity contribution is -0.133. The largest absolute Gasteiger partial charge is 0.390 e. The van der Waals surface area contributed by atoms with Crippen LogP contribution in [0.2, 0.25) is 0 Å². The Morgan fingerprint density at radius 2 is 1.83 bits per heavy atom. The fourth-order valence-corrected chi connectivity index (χ4v) is 5.09. The van der Waals surface area contributed by atoms with E-state index in [1.54, 1.807) is 12.3 Å². The van der Waals surface area contributed by atoms with Gasteiger partial charge in [0.05, 0.1) is 6.10 Å². The molecule has 1 aromatic carbocycles. The maximum absolute atomic E-state index is 12.7. The summed E-state index contributed by atoms with van der Waals surface area (Å²) in [6, 6.07) is 12.3. The van der Waals surface area contributed by atoms with Crippen molar-refractivity contribution in [2.24, 2.45) is 5.92 Å². The first-order chi connectivity index (χ1) is 17.0. The SMILES string of the molecule is O=C(NC[C@H](O)CN1CCc2ccccc2C1)c1cc(NC2CCN(C(=O)C3CC3)CC2)ccn1. The van der Waals surface area contributed by atoms with E-state index in [1.165, 1.54) is 11.1 Å². The number of hydrogen-bond donors (Lipinski definition) is 3. The van der Waals surface area contributed by atoms with Crippen molar-refractivity contribution in [3.05, 3.63) is 59.4 Å². The van der Waals surface area contributed by atoms with Gasteiger partial charge in [-0.05, 0) is 55.4 Å². The molecule has 1 saturated carbocycles. The third-order valence-corrected chi connectivity index (χ3v) is 7.27. The van der Waals surface area contributed by atoms with E-state index in [0.717, 1.165) is 64.0 Å². The quantitative estimate of drug-likeness (QED) is 0.538. The molecule has 186 valence electrons. The number of aliphatic hydroxyl groups is 1. The molecule has 2 amide bonds. The summed E-state index contributed by atoms with van der Waals surface area (Å²) in [6.07, 6.45) is 5.85. The third-order valence-electron chi connectivity index (χ3n) is 7.27. The van der Waals surface area contributed by atoms with Crippen molar-refractivity contribution < 1.29 is 14.7 Å². The van der Waals surface area contributed by atoms with Crippen LogP contribution in [0.1, 0.15) is 47.3 Å². The fraction of sp³-hybridized carbons (Fsp3) is 0.519. The smallest absolute Gasteiger partial charge is 0.270 e. The van der Waals surface area contributed by atoms with Gasteiger partial charge in [0.15, 0.2) is 0 Å². The summed E-state index contributed by atoms with van der Waals surface area (Å²) < 4.78 is 0. The zero-order valence-corrected chi connectivity index (χ0v) is 20.2. The molecule has 1 atom stereocenters. The van der Waals surface area contributed by atoms with Crippen LogP contribution in [0.5, 0.6) is 0 Å². The van der Waals surface area contributed by atoms with Gasteiger partial charge in [0.1, 0.15) is 5.69 Å². The number of likely N-dealkylation sites (tertiary alicyclic amines) is 1. The lowest BCUT2D eigenvalue weighted by atomic mass is 10.00. The highest BCUT2D eigenvalue weighted by atomic mass is 16.3. The molecule has 2 aliphatic heterocycles. The predicted octanol–water partition coefficient (Wildman–Crippen LogP) is 2.04. The minimum atomic E-state index is -0.644. The molecular weight excluding hydrogens is 442 g/mol. The zero-order valence-electron chi connectivity index (χ0n) is 20.2. The number of hydrogen-bond acceptors (Lipinski definition) is 6. The molecule has 2 aromatic rings. The molecule has 0 radical (unpaired) electrons. The summed E-state index contributed by atoms with van der Waals surface area (Å²) in [4.78, 5) is 33.4. The minimum absolute atomic E-state index is 0.184. The first-order valence-electron chi connectivity index (χ1n) is 12.8. The summed E-state index contributed by atoms with van der Waals surface area (Å²) in [6.45, 7) is 4.00. The Morgan fingerprint density at radius 1 is 1.06 bits per heavy atom. The van der Waals surface area contributed by atoms with E-state index in [0.29, 0.717) is 18.1 Å². The average molecular weight is 478 g/mol. The number of nitrogens with zero attached hydrogens (tertiary/aromatic N) is 3. The van der Waals surface area contributed by atoms with E-state index < -0.39 is 6.10 Å². The molecule has 1 aliphatic carbocycles. The molecule has 1 aromatic heterocycles. The van der Waals surface area contributed by atoms with Gasteiger partial charge in [-0.1, -0.05) is 24.3 Å². The van der Waals surface area contributed by atoms with Crippen molar-refractivity contribution in [1.29, 1.82) is 0 Å². The van der Waals surface area contributed by atoms with Gasteiger partial charge in [0, 0.05) is 63.1 Å². The van der Waals surface area contributed by atoms with Crippen LogP contribution in [0.4, 0.5) is 5.69 Å².